The van der Waals surface area contributed by atoms with E-state index in [9.17, 15) is 9.59 Å². The van der Waals surface area contributed by atoms with E-state index >= 15 is 0 Å². The van der Waals surface area contributed by atoms with Gasteiger partial charge in [-0.2, -0.15) is 5.10 Å². The SMILES string of the molecule is Cn1nccc1CNC(=O)Nc1ccc(C(=O)O)nc1. The van der Waals surface area contributed by atoms with Gasteiger partial charge in [0, 0.05) is 13.2 Å². The van der Waals surface area contributed by atoms with Gasteiger partial charge < -0.3 is 15.7 Å². The van der Waals surface area contributed by atoms with Crippen LogP contribution in [0, 0.1) is 0 Å². The molecule has 8 nitrogen and oxygen atoms in total. The number of aryl methyl sites for hydroxylation is 1. The number of urea groups is 1. The van der Waals surface area contributed by atoms with E-state index in [1.165, 1.54) is 18.3 Å². The van der Waals surface area contributed by atoms with Crippen molar-refractivity contribution in [1.82, 2.24) is 20.1 Å². The fourth-order valence-electron chi connectivity index (χ4n) is 1.52. The monoisotopic (exact) mass is 275 g/mol. The molecule has 0 aliphatic heterocycles. The Kier molecular flexibility index (Phi) is 3.94. The number of aromatic carboxylic acids is 1. The molecule has 0 atom stereocenters. The summed E-state index contributed by atoms with van der Waals surface area (Å²) in [5.74, 6) is -1.11. The first kappa shape index (κ1) is 13.5. The Labute approximate surface area is 114 Å². The van der Waals surface area contributed by atoms with Gasteiger partial charge in [0.05, 0.1) is 24.1 Å². The van der Waals surface area contributed by atoms with E-state index in [2.05, 4.69) is 20.7 Å². The second kappa shape index (κ2) is 5.83. The van der Waals surface area contributed by atoms with Gasteiger partial charge >= 0.3 is 12.0 Å². The molecule has 8 heteroatoms. The summed E-state index contributed by atoms with van der Waals surface area (Å²) >= 11 is 0. The van der Waals surface area contributed by atoms with Gasteiger partial charge in [0.15, 0.2) is 0 Å². The lowest BCUT2D eigenvalue weighted by molar-refractivity contribution is 0.0690. The summed E-state index contributed by atoms with van der Waals surface area (Å²) in [5, 5.41) is 17.9. The lowest BCUT2D eigenvalue weighted by Crippen LogP contribution is -2.29. The van der Waals surface area contributed by atoms with E-state index in [-0.39, 0.29) is 5.69 Å². The summed E-state index contributed by atoms with van der Waals surface area (Å²) in [7, 11) is 1.78. The number of carbonyl (C=O) groups excluding carboxylic acids is 1. The van der Waals surface area contributed by atoms with Gasteiger partial charge in [-0.15, -0.1) is 0 Å². The van der Waals surface area contributed by atoms with Crippen LogP contribution in [0.3, 0.4) is 0 Å². The molecule has 2 amide bonds. The van der Waals surface area contributed by atoms with Crippen molar-refractivity contribution in [1.29, 1.82) is 0 Å². The van der Waals surface area contributed by atoms with Gasteiger partial charge in [-0.1, -0.05) is 0 Å². The Morgan fingerprint density at radius 1 is 1.35 bits per heavy atom. The first-order valence-electron chi connectivity index (χ1n) is 5.77. The average Bonchev–Trinajstić information content (AvgIpc) is 2.82. The molecular formula is C12H13N5O3. The van der Waals surface area contributed by atoms with Crippen molar-refractivity contribution in [3.8, 4) is 0 Å². The maximum absolute atomic E-state index is 11.6. The molecule has 0 radical (unpaired) electrons. The van der Waals surface area contributed by atoms with Gasteiger partial charge in [-0.3, -0.25) is 4.68 Å². The summed E-state index contributed by atoms with van der Waals surface area (Å²) in [5.41, 5.74) is 1.20. The zero-order chi connectivity index (χ0) is 14.5. The van der Waals surface area contributed by atoms with Gasteiger partial charge in [0.2, 0.25) is 0 Å². The van der Waals surface area contributed by atoms with E-state index in [0.29, 0.717) is 12.2 Å². The largest absolute Gasteiger partial charge is 0.477 e. The van der Waals surface area contributed by atoms with Crippen molar-refractivity contribution in [2.75, 3.05) is 5.32 Å². The van der Waals surface area contributed by atoms with E-state index in [0.717, 1.165) is 5.69 Å². The Hall–Kier alpha value is -2.90. The van der Waals surface area contributed by atoms with Crippen LogP contribution in [0.15, 0.2) is 30.6 Å². The molecule has 0 saturated heterocycles. The minimum Gasteiger partial charge on any atom is -0.477 e. The van der Waals surface area contributed by atoms with Gasteiger partial charge in [-0.25, -0.2) is 14.6 Å². The lowest BCUT2D eigenvalue weighted by Gasteiger charge is -2.07. The highest BCUT2D eigenvalue weighted by molar-refractivity contribution is 5.90. The number of aromatic nitrogens is 3. The third-order valence-electron chi connectivity index (χ3n) is 2.59. The van der Waals surface area contributed by atoms with Crippen LogP contribution in [-0.2, 0) is 13.6 Å². The number of carboxylic acids is 1. The van der Waals surface area contributed by atoms with Crippen LogP contribution in [0.1, 0.15) is 16.2 Å². The van der Waals surface area contributed by atoms with Crippen LogP contribution >= 0.6 is 0 Å². The van der Waals surface area contributed by atoms with Crippen LogP contribution in [-0.4, -0.2) is 31.9 Å². The van der Waals surface area contributed by atoms with Crippen LogP contribution in [0.25, 0.3) is 0 Å². The third kappa shape index (κ3) is 3.31. The number of nitrogens with one attached hydrogen (secondary N) is 2. The summed E-state index contributed by atoms with van der Waals surface area (Å²) in [4.78, 5) is 26.0. The Morgan fingerprint density at radius 3 is 2.70 bits per heavy atom. The first-order chi connectivity index (χ1) is 9.56. The molecule has 0 bridgehead atoms. The average molecular weight is 275 g/mol. The highest BCUT2D eigenvalue weighted by atomic mass is 16.4. The number of carboxylic acid groups (broad SMARTS) is 1. The second-order valence-corrected chi connectivity index (χ2v) is 3.99. The summed E-state index contributed by atoms with van der Waals surface area (Å²) < 4.78 is 1.66. The van der Waals surface area contributed by atoms with E-state index in [1.54, 1.807) is 24.0 Å². The number of anilines is 1. The molecule has 104 valence electrons. The molecular weight excluding hydrogens is 262 g/mol. The number of hydrogen-bond acceptors (Lipinski definition) is 4. The van der Waals surface area contributed by atoms with E-state index in [4.69, 9.17) is 5.11 Å². The molecule has 0 spiro atoms. The topological polar surface area (TPSA) is 109 Å². The van der Waals surface area contributed by atoms with Crippen molar-refractivity contribution in [2.24, 2.45) is 7.05 Å². The molecule has 2 rings (SSSR count). The summed E-state index contributed by atoms with van der Waals surface area (Å²) in [6.07, 6.45) is 2.93. The molecule has 2 heterocycles. The summed E-state index contributed by atoms with van der Waals surface area (Å²) in [6.45, 7) is 0.336. The fourth-order valence-corrected chi connectivity index (χ4v) is 1.52. The number of nitrogens with zero attached hydrogens (tertiary/aromatic N) is 3. The molecule has 2 aromatic rings. The Bertz CT molecular complexity index is 620. The predicted molar refractivity (Wildman–Crippen MR) is 70.3 cm³/mol. The standard InChI is InChI=1S/C12H13N5O3/c1-17-9(4-5-15-17)7-14-12(20)16-8-2-3-10(11(18)19)13-6-8/h2-6H,7H2,1H3,(H,18,19)(H2,14,16,20). The second-order valence-electron chi connectivity index (χ2n) is 3.99. The van der Waals surface area contributed by atoms with Crippen LogP contribution in [0.5, 0.6) is 0 Å². The smallest absolute Gasteiger partial charge is 0.354 e. The highest BCUT2D eigenvalue weighted by Gasteiger charge is 2.06. The number of amides is 2. The van der Waals surface area contributed by atoms with Crippen LogP contribution in [0.2, 0.25) is 0 Å². The molecule has 0 aromatic carbocycles. The third-order valence-corrected chi connectivity index (χ3v) is 2.59. The number of hydrogen-bond donors (Lipinski definition) is 3. The van der Waals surface area contributed by atoms with E-state index in [1.807, 2.05) is 0 Å². The lowest BCUT2D eigenvalue weighted by atomic mass is 10.3. The van der Waals surface area contributed by atoms with Gasteiger partial charge in [0.25, 0.3) is 0 Å². The molecule has 0 aliphatic rings. The molecule has 0 aliphatic carbocycles. The van der Waals surface area contributed by atoms with Gasteiger partial charge in [-0.05, 0) is 18.2 Å². The first-order valence-corrected chi connectivity index (χ1v) is 5.77. The van der Waals surface area contributed by atoms with Crippen LogP contribution < -0.4 is 10.6 Å². The van der Waals surface area contributed by atoms with Crippen molar-refractivity contribution in [3.63, 3.8) is 0 Å². The van der Waals surface area contributed by atoms with Crippen molar-refractivity contribution < 1.29 is 14.7 Å². The van der Waals surface area contributed by atoms with E-state index < -0.39 is 12.0 Å². The molecule has 3 N–H and O–H groups in total. The molecule has 0 unspecified atom stereocenters. The minimum atomic E-state index is -1.11. The fraction of sp³-hybridized carbons (Fsp3) is 0.167. The molecule has 0 fully saturated rings. The maximum atomic E-state index is 11.6. The number of pyridine rings is 1. The Morgan fingerprint density at radius 2 is 2.15 bits per heavy atom. The van der Waals surface area contributed by atoms with Crippen molar-refractivity contribution in [2.45, 2.75) is 6.54 Å². The van der Waals surface area contributed by atoms with Crippen molar-refractivity contribution >= 4 is 17.7 Å². The molecule has 0 saturated carbocycles. The zero-order valence-corrected chi connectivity index (χ0v) is 10.7. The quantitative estimate of drug-likeness (QED) is 0.765. The van der Waals surface area contributed by atoms with Crippen molar-refractivity contribution in [3.05, 3.63) is 42.0 Å². The number of rotatable bonds is 4. The van der Waals surface area contributed by atoms with Gasteiger partial charge in [0.1, 0.15) is 5.69 Å². The highest BCUT2D eigenvalue weighted by Crippen LogP contribution is 2.06. The summed E-state index contributed by atoms with van der Waals surface area (Å²) in [6, 6.07) is 4.18. The minimum absolute atomic E-state index is 0.0779. The predicted octanol–water partition coefficient (Wildman–Crippen LogP) is 0.835. The van der Waals surface area contributed by atoms with Crippen LogP contribution in [0.4, 0.5) is 10.5 Å². The normalized spacial score (nSPS) is 10.1. The number of carbonyl (C=O) groups is 2. The Balaban J connectivity index is 1.88. The molecule has 2 aromatic heterocycles. The molecule has 20 heavy (non-hydrogen) atoms. The maximum Gasteiger partial charge on any atom is 0.354 e. The zero-order valence-electron chi connectivity index (χ0n) is 10.7.